The second-order valence-electron chi connectivity index (χ2n) is 3.33. The van der Waals surface area contributed by atoms with Crippen molar-refractivity contribution < 1.29 is 24.1 Å². The number of hydrogen-bond donors (Lipinski definition) is 1. The summed E-state index contributed by atoms with van der Waals surface area (Å²) in [4.78, 5) is 11.6. The van der Waals surface area contributed by atoms with Crippen molar-refractivity contribution in [2.75, 3.05) is 27.4 Å². The fourth-order valence-electron chi connectivity index (χ4n) is 1.40. The average Bonchev–Trinajstić information content (AvgIpc) is 2.38. The maximum atomic E-state index is 11.6. The van der Waals surface area contributed by atoms with Crippen LogP contribution in [0.15, 0.2) is 11.5 Å². The lowest BCUT2D eigenvalue weighted by Crippen LogP contribution is -2.51. The molecule has 0 radical (unpaired) electrons. The zero-order chi connectivity index (χ0) is 13.6. The molecule has 1 N–H and O–H groups in total. The topological polar surface area (TPSA) is 65.0 Å². The summed E-state index contributed by atoms with van der Waals surface area (Å²) >= 11 is 0. The molecule has 18 heavy (non-hydrogen) atoms. The van der Waals surface area contributed by atoms with Crippen LogP contribution in [0.2, 0.25) is 0 Å². The quantitative estimate of drug-likeness (QED) is 0.555. The highest BCUT2D eigenvalue weighted by Gasteiger charge is 2.55. The number of hydrogen-bond acceptors (Lipinski definition) is 5. The van der Waals surface area contributed by atoms with Crippen LogP contribution < -0.4 is 0 Å². The molecule has 1 rings (SSSR count). The summed E-state index contributed by atoms with van der Waals surface area (Å²) in [5.41, 5.74) is -1.92. The Bertz CT molecular complexity index is 483. The Labute approximate surface area is 106 Å². The molecule has 0 aromatic heterocycles. The zero-order valence-electron chi connectivity index (χ0n) is 10.5. The van der Waals surface area contributed by atoms with Crippen LogP contribution in [0.1, 0.15) is 6.92 Å². The number of carbonyl (C=O) groups is 1. The highest BCUT2D eigenvalue weighted by molar-refractivity contribution is 6.12. The van der Waals surface area contributed by atoms with Crippen LogP contribution in [0.3, 0.4) is 0 Å². The largest absolute Gasteiger partial charge is 0.493 e. The van der Waals surface area contributed by atoms with Crippen LogP contribution in [0.4, 0.5) is 0 Å². The van der Waals surface area contributed by atoms with Crippen molar-refractivity contribution in [3.05, 3.63) is 11.5 Å². The molecular formula is C13H14O5. The third kappa shape index (κ3) is 2.48. The molecule has 1 atom stereocenters. The molecule has 0 saturated heterocycles. The van der Waals surface area contributed by atoms with E-state index in [4.69, 9.17) is 14.2 Å². The third-order valence-electron chi connectivity index (χ3n) is 2.27. The lowest BCUT2D eigenvalue weighted by molar-refractivity contribution is -0.138. The van der Waals surface area contributed by atoms with E-state index in [0.717, 1.165) is 0 Å². The highest BCUT2D eigenvalue weighted by Crippen LogP contribution is 2.35. The number of ketones is 1. The summed E-state index contributed by atoms with van der Waals surface area (Å²) in [5, 5.41) is 9.97. The van der Waals surface area contributed by atoms with Crippen molar-refractivity contribution in [1.29, 1.82) is 0 Å². The first-order valence-electron chi connectivity index (χ1n) is 5.19. The Morgan fingerprint density at radius 1 is 1.22 bits per heavy atom. The van der Waals surface area contributed by atoms with Gasteiger partial charge in [-0.3, -0.25) is 4.79 Å². The van der Waals surface area contributed by atoms with Crippen molar-refractivity contribution in [2.45, 2.75) is 12.5 Å². The molecule has 0 bridgehead atoms. The van der Waals surface area contributed by atoms with E-state index < -0.39 is 11.4 Å². The molecule has 1 aliphatic rings. The number of Topliss-reactive ketones (excluding diaryl/α,β-unsaturated/α-hetero) is 1. The van der Waals surface area contributed by atoms with Gasteiger partial charge in [0.2, 0.25) is 5.76 Å². The SMILES string of the molecule is CC#CCOCC#CC1(O)C(=O)C(OC)=C1OC. The summed E-state index contributed by atoms with van der Waals surface area (Å²) in [6.45, 7) is 2.03. The maximum absolute atomic E-state index is 11.6. The van der Waals surface area contributed by atoms with E-state index in [1.54, 1.807) is 6.92 Å². The number of rotatable bonds is 4. The maximum Gasteiger partial charge on any atom is 0.254 e. The van der Waals surface area contributed by atoms with E-state index in [1.165, 1.54) is 14.2 Å². The Morgan fingerprint density at radius 3 is 2.44 bits per heavy atom. The van der Waals surface area contributed by atoms with Gasteiger partial charge in [-0.05, 0) is 12.8 Å². The smallest absolute Gasteiger partial charge is 0.254 e. The van der Waals surface area contributed by atoms with E-state index in [1.807, 2.05) is 0 Å². The van der Waals surface area contributed by atoms with E-state index in [9.17, 15) is 9.90 Å². The van der Waals surface area contributed by atoms with Crippen molar-refractivity contribution >= 4 is 5.78 Å². The molecule has 0 aromatic rings. The van der Waals surface area contributed by atoms with Crippen LogP contribution in [-0.2, 0) is 19.0 Å². The molecule has 0 amide bonds. The van der Waals surface area contributed by atoms with Gasteiger partial charge in [-0.2, -0.15) is 0 Å². The van der Waals surface area contributed by atoms with E-state index in [-0.39, 0.29) is 24.7 Å². The van der Waals surface area contributed by atoms with Gasteiger partial charge in [0.05, 0.1) is 14.2 Å². The fraction of sp³-hybridized carbons (Fsp3) is 0.462. The average molecular weight is 250 g/mol. The molecule has 96 valence electrons. The second kappa shape index (κ2) is 6.11. The first-order chi connectivity index (χ1) is 8.61. The summed E-state index contributed by atoms with van der Waals surface area (Å²) < 4.78 is 14.7. The fourth-order valence-corrected chi connectivity index (χ4v) is 1.40. The molecule has 1 unspecified atom stereocenters. The van der Waals surface area contributed by atoms with Crippen molar-refractivity contribution in [3.8, 4) is 23.7 Å². The summed E-state index contributed by atoms with van der Waals surface area (Å²) in [7, 11) is 2.66. The molecule has 0 spiro atoms. The second-order valence-corrected chi connectivity index (χ2v) is 3.33. The van der Waals surface area contributed by atoms with Gasteiger partial charge >= 0.3 is 0 Å². The van der Waals surface area contributed by atoms with Gasteiger partial charge < -0.3 is 19.3 Å². The van der Waals surface area contributed by atoms with Gasteiger partial charge in [0.15, 0.2) is 5.76 Å². The van der Waals surface area contributed by atoms with Gasteiger partial charge in [-0.15, -0.1) is 5.92 Å². The van der Waals surface area contributed by atoms with Crippen molar-refractivity contribution in [2.24, 2.45) is 0 Å². The van der Waals surface area contributed by atoms with Crippen LogP contribution in [0, 0.1) is 23.7 Å². The Morgan fingerprint density at radius 2 is 1.89 bits per heavy atom. The molecule has 0 fully saturated rings. The Kier molecular flexibility index (Phi) is 4.79. The highest BCUT2D eigenvalue weighted by atomic mass is 16.5. The van der Waals surface area contributed by atoms with Crippen LogP contribution >= 0.6 is 0 Å². The number of aliphatic hydroxyl groups is 1. The van der Waals surface area contributed by atoms with E-state index in [2.05, 4.69) is 23.7 Å². The standard InChI is InChI=1S/C13H14O5/c1-4-5-8-18-9-6-7-13(15)11(14)10(16-2)12(13)17-3/h15H,8-9H2,1-3H3. The molecular weight excluding hydrogens is 236 g/mol. The molecule has 1 aliphatic carbocycles. The summed E-state index contributed by atoms with van der Waals surface area (Å²) in [6.07, 6.45) is 0. The van der Waals surface area contributed by atoms with Crippen molar-refractivity contribution in [1.82, 2.24) is 0 Å². The minimum Gasteiger partial charge on any atom is -0.493 e. The van der Waals surface area contributed by atoms with Gasteiger partial charge in [0, 0.05) is 0 Å². The lowest BCUT2D eigenvalue weighted by Gasteiger charge is -2.32. The first-order valence-corrected chi connectivity index (χ1v) is 5.19. The van der Waals surface area contributed by atoms with Crippen LogP contribution in [0.25, 0.3) is 0 Å². The number of methoxy groups -OCH3 is 2. The normalized spacial score (nSPS) is 21.2. The third-order valence-corrected chi connectivity index (χ3v) is 2.27. The van der Waals surface area contributed by atoms with Crippen molar-refractivity contribution in [3.63, 3.8) is 0 Å². The number of carbonyl (C=O) groups excluding carboxylic acids is 1. The van der Waals surface area contributed by atoms with Crippen LogP contribution in [0.5, 0.6) is 0 Å². The van der Waals surface area contributed by atoms with Gasteiger partial charge in [0.25, 0.3) is 11.4 Å². The predicted octanol–water partition coefficient (Wildman–Crippen LogP) is -0.152. The minimum absolute atomic E-state index is 0.00734. The number of ether oxygens (including phenoxy) is 3. The molecule has 5 nitrogen and oxygen atoms in total. The van der Waals surface area contributed by atoms with Gasteiger partial charge in [0.1, 0.15) is 13.2 Å². The minimum atomic E-state index is -1.92. The Hall–Kier alpha value is -1.95. The predicted molar refractivity (Wildman–Crippen MR) is 63.0 cm³/mol. The molecule has 0 heterocycles. The zero-order valence-corrected chi connectivity index (χ0v) is 10.5. The van der Waals surface area contributed by atoms with E-state index >= 15 is 0 Å². The summed E-state index contributed by atoms with van der Waals surface area (Å²) in [5.74, 6) is 9.72. The monoisotopic (exact) mass is 250 g/mol. The molecule has 0 aromatic carbocycles. The molecule has 5 heteroatoms. The molecule has 0 saturated carbocycles. The molecule has 0 aliphatic heterocycles. The van der Waals surface area contributed by atoms with Crippen LogP contribution in [-0.4, -0.2) is 43.9 Å². The van der Waals surface area contributed by atoms with Gasteiger partial charge in [-0.1, -0.05) is 11.8 Å². The summed E-state index contributed by atoms with van der Waals surface area (Å²) in [6, 6.07) is 0. The van der Waals surface area contributed by atoms with Gasteiger partial charge in [-0.25, -0.2) is 0 Å². The lowest BCUT2D eigenvalue weighted by atomic mass is 9.83. The Balaban J connectivity index is 2.66. The van der Waals surface area contributed by atoms with E-state index in [0.29, 0.717) is 0 Å². The first kappa shape index (κ1) is 14.1.